The number of anilines is 4. The molecule has 264 valence electrons. The van der Waals surface area contributed by atoms with Crippen LogP contribution in [-0.2, 0) is 4.79 Å². The summed E-state index contributed by atoms with van der Waals surface area (Å²) in [6, 6.07) is 20.5. The first-order valence-electron chi connectivity index (χ1n) is 17.1. The molecule has 4 N–H and O–H groups in total. The maximum atomic E-state index is 13.2. The fraction of sp³-hybridized carbons (Fsp3) is 0.263. The number of amides is 1. The number of nitrogens with one attached hydrogen (secondary N) is 2. The number of nitrogens with two attached hydrogens (primary N) is 1. The molecule has 52 heavy (non-hydrogen) atoms. The smallest absolute Gasteiger partial charge is 0.261 e. The largest absolute Gasteiger partial charge is 0.454 e. The van der Waals surface area contributed by atoms with Crippen LogP contribution in [0.25, 0.3) is 27.4 Å². The van der Waals surface area contributed by atoms with Gasteiger partial charge in [0.25, 0.3) is 5.91 Å². The highest BCUT2D eigenvalue weighted by molar-refractivity contribution is 8.00. The number of aromatic nitrogens is 2. The molecule has 1 amide bonds. The summed E-state index contributed by atoms with van der Waals surface area (Å²) in [4.78, 5) is 30.0. The molecule has 8 rings (SSSR count). The Morgan fingerprint density at radius 2 is 1.88 bits per heavy atom. The maximum absolute atomic E-state index is 13.2. The Kier molecular flexibility index (Phi) is 9.46. The molecule has 2 aromatic heterocycles. The van der Waals surface area contributed by atoms with Crippen LogP contribution >= 0.6 is 23.1 Å². The number of hydrogen-bond donors (Lipinski definition) is 3. The third kappa shape index (κ3) is 6.90. The number of nitrogen functional groups attached to an aromatic ring is 1. The lowest BCUT2D eigenvalue weighted by atomic mass is 10.0. The van der Waals surface area contributed by atoms with Gasteiger partial charge in [-0.3, -0.25) is 4.79 Å². The number of benzene rings is 3. The van der Waals surface area contributed by atoms with Crippen molar-refractivity contribution >= 4 is 68.7 Å². The van der Waals surface area contributed by atoms with Gasteiger partial charge in [-0.25, -0.2) is 9.97 Å². The minimum absolute atomic E-state index is 0.0615. The van der Waals surface area contributed by atoms with Crippen LogP contribution in [-0.4, -0.2) is 79.4 Å². The summed E-state index contributed by atoms with van der Waals surface area (Å²) in [6.07, 6.45) is 5.76. The summed E-state index contributed by atoms with van der Waals surface area (Å²) >= 11 is 3.18. The molecule has 1 fully saturated rings. The quantitative estimate of drug-likeness (QED) is 0.0902. The lowest BCUT2D eigenvalue weighted by Crippen LogP contribution is -2.44. The highest BCUT2D eigenvalue weighted by atomic mass is 32.2. The summed E-state index contributed by atoms with van der Waals surface area (Å²) in [7, 11) is 2.15. The average Bonchev–Trinajstić information content (AvgIpc) is 3.93. The van der Waals surface area contributed by atoms with Crippen LogP contribution < -0.4 is 35.6 Å². The first-order valence-corrected chi connectivity index (χ1v) is 18.8. The van der Waals surface area contributed by atoms with Crippen LogP contribution in [0.3, 0.4) is 0 Å². The Morgan fingerprint density at radius 1 is 1.08 bits per heavy atom. The molecule has 3 aromatic carbocycles. The monoisotopic (exact) mass is 731 g/mol. The Hall–Kier alpha value is -5.49. The van der Waals surface area contributed by atoms with E-state index >= 15 is 0 Å². The second kappa shape index (κ2) is 14.6. The van der Waals surface area contributed by atoms with Gasteiger partial charge in [0.2, 0.25) is 6.79 Å². The lowest BCUT2D eigenvalue weighted by Gasteiger charge is -2.34. The maximum Gasteiger partial charge on any atom is 0.261 e. The number of thiazole rings is 1. The van der Waals surface area contributed by atoms with Gasteiger partial charge in [-0.2, -0.15) is 5.26 Å². The third-order valence-corrected chi connectivity index (χ3v) is 11.4. The van der Waals surface area contributed by atoms with Gasteiger partial charge >= 0.3 is 0 Å². The number of piperazine rings is 1. The number of carbonyl (C=O) groups excluding carboxylic acids is 1. The Balaban J connectivity index is 0.932. The van der Waals surface area contributed by atoms with Gasteiger partial charge in [0.05, 0.1) is 5.69 Å². The van der Waals surface area contributed by atoms with Gasteiger partial charge in [-0.1, -0.05) is 30.0 Å². The van der Waals surface area contributed by atoms with Gasteiger partial charge in [0, 0.05) is 73.2 Å². The van der Waals surface area contributed by atoms with Crippen LogP contribution in [0.4, 0.5) is 22.9 Å². The molecule has 0 aliphatic carbocycles. The molecule has 0 saturated carbocycles. The first-order chi connectivity index (χ1) is 25.4. The van der Waals surface area contributed by atoms with E-state index in [9.17, 15) is 10.1 Å². The van der Waals surface area contributed by atoms with Gasteiger partial charge in [-0.15, -0.1) is 11.3 Å². The van der Waals surface area contributed by atoms with Gasteiger partial charge < -0.3 is 40.5 Å². The van der Waals surface area contributed by atoms with Gasteiger partial charge in [0.15, 0.2) is 17.0 Å². The van der Waals surface area contributed by atoms with Crippen molar-refractivity contribution in [1.29, 1.82) is 5.26 Å². The Labute approximate surface area is 309 Å². The number of ether oxygens (including phenoxy) is 2. The highest BCUT2D eigenvalue weighted by Gasteiger charge is 2.33. The normalized spacial score (nSPS) is 16.8. The summed E-state index contributed by atoms with van der Waals surface area (Å²) in [5.74, 6) is 1.40. The zero-order valence-electron chi connectivity index (χ0n) is 28.5. The highest BCUT2D eigenvalue weighted by Crippen LogP contribution is 2.48. The molecule has 0 radical (unpaired) electrons. The molecular formula is C38H37N9O3S2. The number of nitriles is 1. The topological polar surface area (TPSA) is 145 Å². The standard InChI is InChI=1S/C38H37N9O3S2/c1-45-12-14-46(15-13-45)28-6-5-25-17-24(3-4-26(25)19-28)18-27(22-39)36(48)42-8-2-11-47-30-7-9-41-35(40)34(30)44-38(47)52-33-21-32-31(49-23-50-32)20-29(33)37-43-10-16-51-37/h3-7,9-10,16-21,38,44H,2,8,11-15,23H2,1H3,(H2,40,41)(H,42,48)/b27-18+. The fourth-order valence-corrected chi connectivity index (χ4v) is 8.60. The molecule has 5 heterocycles. The van der Waals surface area contributed by atoms with Crippen LogP contribution in [0, 0.1) is 11.3 Å². The van der Waals surface area contributed by atoms with Crippen molar-refractivity contribution < 1.29 is 14.3 Å². The van der Waals surface area contributed by atoms with E-state index in [1.807, 2.05) is 35.7 Å². The number of likely N-dealkylation sites (N-methyl/N-ethyl adjacent to an activating group) is 1. The molecule has 14 heteroatoms. The second-order valence-electron chi connectivity index (χ2n) is 12.8. The summed E-state index contributed by atoms with van der Waals surface area (Å²) in [5, 5.41) is 21.4. The zero-order valence-corrected chi connectivity index (χ0v) is 30.2. The molecule has 1 unspecified atom stereocenters. The van der Waals surface area contributed by atoms with Crippen LogP contribution in [0.2, 0.25) is 0 Å². The van der Waals surface area contributed by atoms with E-state index in [2.05, 4.69) is 72.7 Å². The number of hydrogen-bond acceptors (Lipinski definition) is 13. The number of pyridine rings is 1. The SMILES string of the molecule is CN1CCN(c2ccc3cc(/C=C(\C#N)C(=O)NCCCN4c5ccnc(N)c5NC4Sc4cc5c(cc4-c4nccs4)OCO5)ccc3c2)CC1. The van der Waals surface area contributed by atoms with E-state index < -0.39 is 5.91 Å². The van der Waals surface area contributed by atoms with Gasteiger partial charge in [-0.05, 0) is 72.3 Å². The van der Waals surface area contributed by atoms with E-state index in [-0.39, 0.29) is 17.9 Å². The van der Waals surface area contributed by atoms with Crippen molar-refractivity contribution in [3.8, 4) is 28.1 Å². The third-order valence-electron chi connectivity index (χ3n) is 9.45. The minimum Gasteiger partial charge on any atom is -0.454 e. The molecule has 0 spiro atoms. The number of thioether (sulfide) groups is 1. The number of fused-ring (bicyclic) bond motifs is 3. The minimum atomic E-state index is -0.402. The number of rotatable bonds is 10. The molecule has 0 bridgehead atoms. The van der Waals surface area contributed by atoms with E-state index in [0.717, 1.165) is 69.4 Å². The van der Waals surface area contributed by atoms with E-state index in [0.29, 0.717) is 36.8 Å². The Bertz CT molecular complexity index is 2200. The van der Waals surface area contributed by atoms with E-state index in [4.69, 9.17) is 15.2 Å². The summed E-state index contributed by atoms with van der Waals surface area (Å²) < 4.78 is 11.4. The molecular weight excluding hydrogens is 695 g/mol. The predicted molar refractivity (Wildman–Crippen MR) is 208 cm³/mol. The van der Waals surface area contributed by atoms with Crippen molar-refractivity contribution in [2.75, 3.05) is 74.0 Å². The first kappa shape index (κ1) is 33.6. The van der Waals surface area contributed by atoms with Crippen LogP contribution in [0.15, 0.2) is 82.8 Å². The molecule has 1 saturated heterocycles. The van der Waals surface area contributed by atoms with E-state index in [1.54, 1.807) is 41.6 Å². The Morgan fingerprint density at radius 3 is 2.69 bits per heavy atom. The van der Waals surface area contributed by atoms with Crippen molar-refractivity contribution in [3.05, 3.63) is 83.5 Å². The zero-order chi connectivity index (χ0) is 35.6. The van der Waals surface area contributed by atoms with Gasteiger partial charge in [0.1, 0.15) is 28.2 Å². The van der Waals surface area contributed by atoms with Crippen molar-refractivity contribution in [2.45, 2.75) is 16.8 Å². The lowest BCUT2D eigenvalue weighted by molar-refractivity contribution is -0.117. The number of carbonyl (C=O) groups is 1. The summed E-state index contributed by atoms with van der Waals surface area (Å²) in [5.41, 5.74) is 10.8. The molecule has 1 atom stereocenters. The van der Waals surface area contributed by atoms with Crippen LogP contribution in [0.1, 0.15) is 12.0 Å². The van der Waals surface area contributed by atoms with Crippen molar-refractivity contribution in [3.63, 3.8) is 0 Å². The molecule has 3 aliphatic heterocycles. The van der Waals surface area contributed by atoms with Crippen LogP contribution in [0.5, 0.6) is 11.5 Å². The molecule has 12 nitrogen and oxygen atoms in total. The fourth-order valence-electron chi connectivity index (χ4n) is 6.64. The molecule has 3 aliphatic rings. The number of nitrogens with zero attached hydrogens (tertiary/aromatic N) is 6. The average molecular weight is 732 g/mol. The van der Waals surface area contributed by atoms with Crippen molar-refractivity contribution in [2.24, 2.45) is 0 Å². The molecule has 5 aromatic rings. The van der Waals surface area contributed by atoms with Crippen molar-refractivity contribution in [1.82, 2.24) is 20.2 Å². The summed E-state index contributed by atoms with van der Waals surface area (Å²) in [6.45, 7) is 5.27. The van der Waals surface area contributed by atoms with E-state index in [1.165, 1.54) is 5.69 Å². The second-order valence-corrected chi connectivity index (χ2v) is 14.8. The predicted octanol–water partition coefficient (Wildman–Crippen LogP) is 5.84.